The van der Waals surface area contributed by atoms with Crippen LogP contribution in [-0.4, -0.2) is 77.9 Å². The van der Waals surface area contributed by atoms with Crippen molar-refractivity contribution in [2.45, 2.75) is 45.6 Å². The van der Waals surface area contributed by atoms with Gasteiger partial charge in [-0.05, 0) is 80.8 Å². The summed E-state index contributed by atoms with van der Waals surface area (Å²) >= 11 is 0. The molecular weight excluding hydrogens is 674 g/mol. The number of nitrogens with zero attached hydrogens (tertiary/aromatic N) is 1. The van der Waals surface area contributed by atoms with Crippen LogP contribution < -0.4 is 34.0 Å². The number of rotatable bonds is 13. The van der Waals surface area contributed by atoms with Crippen molar-refractivity contribution in [3.8, 4) is 45.6 Å². The van der Waals surface area contributed by atoms with Gasteiger partial charge in [0.2, 0.25) is 0 Å². The number of unbranched alkanes of at least 4 members (excludes halogenated alkanes) is 1. The van der Waals surface area contributed by atoms with Gasteiger partial charge in [-0.3, -0.25) is 4.90 Å². The highest BCUT2D eigenvalue weighted by Crippen LogP contribution is 2.47. The van der Waals surface area contributed by atoms with Crippen molar-refractivity contribution in [2.75, 3.05) is 67.4 Å². The van der Waals surface area contributed by atoms with Crippen LogP contribution >= 0.6 is 12.4 Å². The predicted octanol–water partition coefficient (Wildman–Crippen LogP) is 8.06. The smallest absolute Gasteiger partial charge is 0.347 e. The number of methoxy groups -OCH3 is 3. The van der Waals surface area contributed by atoms with Gasteiger partial charge < -0.3 is 37.6 Å². The number of fused-ring (bicyclic) bond motifs is 2. The lowest BCUT2D eigenvalue weighted by Crippen LogP contribution is -2.37. The summed E-state index contributed by atoms with van der Waals surface area (Å²) in [6, 6.07) is 16.8. The van der Waals surface area contributed by atoms with Crippen molar-refractivity contribution in [2.24, 2.45) is 0 Å². The molecule has 0 aliphatic carbocycles. The lowest BCUT2D eigenvalue weighted by atomic mass is 9.98. The second-order valence-electron chi connectivity index (χ2n) is 12.6. The molecule has 1 saturated heterocycles. The Kier molecular flexibility index (Phi) is 14.5. The zero-order valence-electron chi connectivity index (χ0n) is 30.5. The van der Waals surface area contributed by atoms with Crippen molar-refractivity contribution >= 4 is 29.5 Å². The normalized spacial score (nSPS) is 14.6. The molecule has 1 aromatic heterocycles. The summed E-state index contributed by atoms with van der Waals surface area (Å²) < 4.78 is 45.0. The molecule has 0 bridgehead atoms. The summed E-state index contributed by atoms with van der Waals surface area (Å²) in [5.74, 6) is 4.03. The molecule has 2 aliphatic rings. The van der Waals surface area contributed by atoms with Crippen LogP contribution in [0.4, 0.5) is 0 Å². The Balaban J connectivity index is 0.000000236. The Labute approximate surface area is 306 Å². The standard InChI is InChI=1S/C23H22O6.C17H27NO3.ClH/c1-23(2)11-10-15-16(29-23)12-17-19(20(15)26-4)21(27-5)18(22(24)28-17)13-6-8-14(25-3)9-7-13;1-2-3-12-20-16-5-7-17(8-6-16)21-13-4-9-18-10-14-19-15-11-18;/h6-12H,1-5H3;5-8H,2-4,9-15H2,1H3;1H. The molecule has 2 aliphatic heterocycles. The third-order valence-corrected chi connectivity index (χ3v) is 8.50. The van der Waals surface area contributed by atoms with Gasteiger partial charge in [0.15, 0.2) is 0 Å². The monoisotopic (exact) mass is 723 g/mol. The van der Waals surface area contributed by atoms with Crippen LogP contribution in [0.15, 0.2) is 69.9 Å². The molecule has 10 nitrogen and oxygen atoms in total. The van der Waals surface area contributed by atoms with Crippen LogP contribution in [0.2, 0.25) is 0 Å². The second kappa shape index (κ2) is 18.7. The van der Waals surface area contributed by atoms with E-state index < -0.39 is 11.2 Å². The largest absolute Gasteiger partial charge is 0.497 e. The topological polar surface area (TPSA) is 98.1 Å². The molecule has 11 heteroatoms. The number of hydrogen-bond acceptors (Lipinski definition) is 10. The van der Waals surface area contributed by atoms with Crippen LogP contribution in [0.5, 0.6) is 34.5 Å². The zero-order chi connectivity index (χ0) is 35.5. The van der Waals surface area contributed by atoms with E-state index in [0.717, 1.165) is 82.4 Å². The van der Waals surface area contributed by atoms with E-state index in [9.17, 15) is 4.79 Å². The highest BCUT2D eigenvalue weighted by Gasteiger charge is 2.29. The molecule has 4 aromatic rings. The van der Waals surface area contributed by atoms with Gasteiger partial charge in [-0.25, -0.2) is 4.79 Å². The van der Waals surface area contributed by atoms with E-state index in [2.05, 4.69) is 11.8 Å². The summed E-state index contributed by atoms with van der Waals surface area (Å²) in [7, 11) is 4.68. The highest BCUT2D eigenvalue weighted by molar-refractivity contribution is 5.99. The Bertz CT molecular complexity index is 1780. The average molecular weight is 724 g/mol. The number of ether oxygens (including phenoxy) is 7. The van der Waals surface area contributed by atoms with Crippen molar-refractivity contribution in [3.63, 3.8) is 0 Å². The first-order valence-corrected chi connectivity index (χ1v) is 17.2. The number of hydrogen-bond donors (Lipinski definition) is 0. The van der Waals surface area contributed by atoms with Crippen molar-refractivity contribution in [3.05, 3.63) is 76.7 Å². The minimum absolute atomic E-state index is 0. The van der Waals surface area contributed by atoms with Crippen LogP contribution in [0.25, 0.3) is 28.2 Å². The second-order valence-corrected chi connectivity index (χ2v) is 12.6. The molecule has 6 rings (SSSR count). The fraction of sp³-hybridized carbons (Fsp3) is 0.425. The molecule has 1 fully saturated rings. The lowest BCUT2D eigenvalue weighted by molar-refractivity contribution is 0.0358. The Morgan fingerprint density at radius 1 is 0.804 bits per heavy atom. The van der Waals surface area contributed by atoms with Crippen molar-refractivity contribution in [1.29, 1.82) is 0 Å². The Hall–Kier alpha value is -4.38. The molecular formula is C40H50ClNO9. The van der Waals surface area contributed by atoms with Gasteiger partial charge in [0.05, 0.1) is 53.3 Å². The molecule has 0 amide bonds. The highest BCUT2D eigenvalue weighted by atomic mass is 35.5. The summed E-state index contributed by atoms with van der Waals surface area (Å²) in [6.45, 7) is 12.5. The van der Waals surface area contributed by atoms with Gasteiger partial charge in [0, 0.05) is 25.7 Å². The molecule has 3 aromatic carbocycles. The van der Waals surface area contributed by atoms with E-state index in [4.69, 9.17) is 37.6 Å². The molecule has 0 unspecified atom stereocenters. The minimum atomic E-state index is -0.507. The summed E-state index contributed by atoms with van der Waals surface area (Å²) in [4.78, 5) is 15.3. The molecule has 0 N–H and O–H groups in total. The van der Waals surface area contributed by atoms with E-state index in [1.807, 2.05) is 50.3 Å². The van der Waals surface area contributed by atoms with Gasteiger partial charge in [-0.2, -0.15) is 0 Å². The number of morpholine rings is 1. The van der Waals surface area contributed by atoms with Gasteiger partial charge in [-0.15, -0.1) is 12.4 Å². The lowest BCUT2D eigenvalue weighted by Gasteiger charge is -2.29. The first-order chi connectivity index (χ1) is 24.3. The van der Waals surface area contributed by atoms with E-state index in [-0.39, 0.29) is 12.4 Å². The van der Waals surface area contributed by atoms with Crippen LogP contribution in [0.3, 0.4) is 0 Å². The molecule has 0 atom stereocenters. The van der Waals surface area contributed by atoms with Gasteiger partial charge >= 0.3 is 5.63 Å². The van der Waals surface area contributed by atoms with Crippen LogP contribution in [0, 0.1) is 0 Å². The fourth-order valence-electron chi connectivity index (χ4n) is 5.83. The quantitative estimate of drug-likeness (QED) is 0.0996. The first kappa shape index (κ1) is 39.4. The molecule has 0 saturated carbocycles. The minimum Gasteiger partial charge on any atom is -0.497 e. The van der Waals surface area contributed by atoms with Crippen LogP contribution in [-0.2, 0) is 4.74 Å². The molecule has 276 valence electrons. The fourth-order valence-corrected chi connectivity index (χ4v) is 5.83. The van der Waals surface area contributed by atoms with E-state index >= 15 is 0 Å². The summed E-state index contributed by atoms with van der Waals surface area (Å²) in [6.07, 6.45) is 7.22. The molecule has 51 heavy (non-hydrogen) atoms. The average Bonchev–Trinajstić information content (AvgIpc) is 3.13. The van der Waals surface area contributed by atoms with Gasteiger partial charge in [-0.1, -0.05) is 25.5 Å². The molecule has 0 spiro atoms. The maximum absolute atomic E-state index is 12.9. The SMILES string of the molecule is CCCCOc1ccc(OCCCN2CCOCC2)cc1.COc1ccc(-c2c(OC)c3c(OC)c4c(cc3oc2=O)OC(C)(C)C=C4)cc1.Cl. The number of benzene rings is 3. The Morgan fingerprint density at radius 3 is 2.00 bits per heavy atom. The van der Waals surface area contributed by atoms with E-state index in [1.54, 1.807) is 44.6 Å². The zero-order valence-corrected chi connectivity index (χ0v) is 31.3. The van der Waals surface area contributed by atoms with Crippen molar-refractivity contribution < 1.29 is 37.6 Å². The number of halogens is 1. The molecule has 3 heterocycles. The molecule has 0 radical (unpaired) electrons. The van der Waals surface area contributed by atoms with Gasteiger partial charge in [0.25, 0.3) is 0 Å². The maximum atomic E-state index is 12.9. The van der Waals surface area contributed by atoms with Crippen LogP contribution in [0.1, 0.15) is 45.6 Å². The Morgan fingerprint density at radius 2 is 1.41 bits per heavy atom. The summed E-state index contributed by atoms with van der Waals surface area (Å²) in [5.41, 5.74) is 1.11. The van der Waals surface area contributed by atoms with E-state index in [0.29, 0.717) is 45.1 Å². The van der Waals surface area contributed by atoms with Gasteiger partial charge in [0.1, 0.15) is 56.6 Å². The third kappa shape index (κ3) is 10.1. The first-order valence-electron chi connectivity index (χ1n) is 17.2. The summed E-state index contributed by atoms with van der Waals surface area (Å²) in [5, 5.41) is 0.576. The predicted molar refractivity (Wildman–Crippen MR) is 203 cm³/mol. The van der Waals surface area contributed by atoms with Crippen molar-refractivity contribution in [1.82, 2.24) is 4.90 Å². The maximum Gasteiger partial charge on any atom is 0.347 e. The van der Waals surface area contributed by atoms with E-state index in [1.165, 1.54) is 7.11 Å². The third-order valence-electron chi connectivity index (χ3n) is 8.50.